The predicted octanol–water partition coefficient (Wildman–Crippen LogP) is 4.19. The van der Waals surface area contributed by atoms with E-state index in [4.69, 9.17) is 0 Å². The third-order valence-corrected chi connectivity index (χ3v) is 4.70. The lowest BCUT2D eigenvalue weighted by molar-refractivity contribution is 0.102. The van der Waals surface area contributed by atoms with E-state index >= 15 is 0 Å². The summed E-state index contributed by atoms with van der Waals surface area (Å²) in [6.45, 7) is 4.03. The van der Waals surface area contributed by atoms with Crippen LogP contribution in [-0.2, 0) is 0 Å². The summed E-state index contributed by atoms with van der Waals surface area (Å²) < 4.78 is 2.07. The first-order valence-corrected chi connectivity index (χ1v) is 8.72. The number of hydrogen-bond donors (Lipinski definition) is 2. The lowest BCUT2D eigenvalue weighted by Gasteiger charge is -2.15. The summed E-state index contributed by atoms with van der Waals surface area (Å²) in [4.78, 5) is 28.5. The Balaban J connectivity index is 1.75. The zero-order chi connectivity index (χ0) is 19.0. The van der Waals surface area contributed by atoms with E-state index < -0.39 is 5.91 Å². The summed E-state index contributed by atoms with van der Waals surface area (Å²) in [5.74, 6) is -0.433. The normalized spacial score (nSPS) is 10.9. The number of carbonyl (C=O) groups is 1. The van der Waals surface area contributed by atoms with Gasteiger partial charge in [0.2, 0.25) is 5.43 Å². The molecule has 0 saturated carbocycles. The summed E-state index contributed by atoms with van der Waals surface area (Å²) in [5, 5.41) is 3.39. The molecule has 0 aliphatic rings. The van der Waals surface area contributed by atoms with Crippen LogP contribution in [0.3, 0.4) is 0 Å². The van der Waals surface area contributed by atoms with Gasteiger partial charge in [-0.2, -0.15) is 0 Å². The van der Waals surface area contributed by atoms with Crippen molar-refractivity contribution >= 4 is 22.5 Å². The summed E-state index contributed by atoms with van der Waals surface area (Å²) in [7, 11) is 0. The van der Waals surface area contributed by atoms with E-state index in [0.717, 1.165) is 17.1 Å². The van der Waals surface area contributed by atoms with Crippen LogP contribution < -0.4 is 10.7 Å². The number of nitrogens with one attached hydrogen (secondary N) is 2. The second-order valence-corrected chi connectivity index (χ2v) is 6.50. The number of amides is 1. The minimum absolute atomic E-state index is 0.0875. The number of fused-ring (bicyclic) bond motifs is 1. The zero-order valence-corrected chi connectivity index (χ0v) is 15.1. The first-order valence-electron chi connectivity index (χ1n) is 8.72. The second kappa shape index (κ2) is 6.61. The van der Waals surface area contributed by atoms with Gasteiger partial charge >= 0.3 is 0 Å². The van der Waals surface area contributed by atoms with Gasteiger partial charge in [-0.05, 0) is 50.2 Å². The second-order valence-electron chi connectivity index (χ2n) is 6.50. The van der Waals surface area contributed by atoms with Crippen molar-refractivity contribution in [2.24, 2.45) is 0 Å². The Labute approximate surface area is 156 Å². The molecular weight excluding hydrogens is 338 g/mol. The van der Waals surface area contributed by atoms with Gasteiger partial charge in [-0.15, -0.1) is 0 Å². The Kier molecular flexibility index (Phi) is 4.12. The van der Waals surface area contributed by atoms with Crippen LogP contribution in [0.1, 0.15) is 21.7 Å². The van der Waals surface area contributed by atoms with Crippen molar-refractivity contribution in [1.29, 1.82) is 0 Å². The van der Waals surface area contributed by atoms with Crippen molar-refractivity contribution in [3.8, 4) is 5.69 Å². The number of hydrogen-bond acceptors (Lipinski definition) is 2. The maximum atomic E-state index is 12.8. The minimum atomic E-state index is -0.433. The van der Waals surface area contributed by atoms with Crippen molar-refractivity contribution in [2.45, 2.75) is 13.8 Å². The van der Waals surface area contributed by atoms with Gasteiger partial charge in [-0.1, -0.05) is 24.3 Å². The first-order chi connectivity index (χ1) is 13.1. The molecule has 1 amide bonds. The molecule has 27 heavy (non-hydrogen) atoms. The van der Waals surface area contributed by atoms with Crippen LogP contribution in [0, 0.1) is 13.8 Å². The SMILES string of the molecule is Cc1ccc(C)n1-c1ccccc1NC(=O)c1c[nH]c2ccccc2c1=O. The largest absolute Gasteiger partial charge is 0.360 e. The molecule has 2 aromatic heterocycles. The zero-order valence-electron chi connectivity index (χ0n) is 15.1. The van der Waals surface area contributed by atoms with E-state index in [1.54, 1.807) is 12.1 Å². The number of nitrogens with zero attached hydrogens (tertiary/aromatic N) is 1. The van der Waals surface area contributed by atoms with Gasteiger partial charge < -0.3 is 14.9 Å². The molecule has 0 fully saturated rings. The lowest BCUT2D eigenvalue weighted by Crippen LogP contribution is -2.22. The third kappa shape index (κ3) is 2.93. The highest BCUT2D eigenvalue weighted by Gasteiger charge is 2.16. The third-order valence-electron chi connectivity index (χ3n) is 4.70. The molecule has 134 valence electrons. The molecule has 0 saturated heterocycles. The Morgan fingerprint density at radius 3 is 2.37 bits per heavy atom. The Morgan fingerprint density at radius 2 is 1.59 bits per heavy atom. The molecule has 2 N–H and O–H groups in total. The van der Waals surface area contributed by atoms with Gasteiger partial charge in [0.15, 0.2) is 0 Å². The molecule has 2 aromatic carbocycles. The van der Waals surface area contributed by atoms with Crippen LogP contribution in [0.2, 0.25) is 0 Å². The monoisotopic (exact) mass is 357 g/mol. The number of aromatic nitrogens is 2. The fourth-order valence-corrected chi connectivity index (χ4v) is 3.35. The highest BCUT2D eigenvalue weighted by molar-refractivity contribution is 6.06. The number of aryl methyl sites for hydroxylation is 2. The van der Waals surface area contributed by atoms with Crippen LogP contribution in [0.5, 0.6) is 0 Å². The molecule has 5 nitrogen and oxygen atoms in total. The molecule has 5 heteroatoms. The average molecular weight is 357 g/mol. The Hall–Kier alpha value is -3.60. The highest BCUT2D eigenvalue weighted by atomic mass is 16.2. The van der Waals surface area contributed by atoms with Crippen molar-refractivity contribution in [1.82, 2.24) is 9.55 Å². The van der Waals surface area contributed by atoms with E-state index in [1.165, 1.54) is 6.20 Å². The fraction of sp³-hybridized carbons (Fsp3) is 0.0909. The molecule has 0 radical (unpaired) electrons. The highest BCUT2D eigenvalue weighted by Crippen LogP contribution is 2.24. The van der Waals surface area contributed by atoms with E-state index in [1.807, 2.05) is 62.4 Å². The summed E-state index contributed by atoms with van der Waals surface area (Å²) >= 11 is 0. The van der Waals surface area contributed by atoms with E-state index in [2.05, 4.69) is 14.9 Å². The molecule has 0 bridgehead atoms. The van der Waals surface area contributed by atoms with Gasteiger partial charge in [0.25, 0.3) is 5.91 Å². The van der Waals surface area contributed by atoms with Gasteiger partial charge in [-0.3, -0.25) is 9.59 Å². The van der Waals surface area contributed by atoms with Crippen molar-refractivity contribution < 1.29 is 4.79 Å². The Bertz CT molecular complexity index is 1200. The molecule has 0 aliphatic carbocycles. The number of para-hydroxylation sites is 3. The average Bonchev–Trinajstić information content (AvgIpc) is 3.01. The van der Waals surface area contributed by atoms with Gasteiger partial charge in [-0.25, -0.2) is 0 Å². The van der Waals surface area contributed by atoms with Crippen LogP contribution in [0.4, 0.5) is 5.69 Å². The molecular formula is C22H19N3O2. The van der Waals surface area contributed by atoms with Gasteiger partial charge in [0, 0.05) is 28.5 Å². The van der Waals surface area contributed by atoms with Gasteiger partial charge in [0.1, 0.15) is 5.56 Å². The smallest absolute Gasteiger partial charge is 0.261 e. The Morgan fingerprint density at radius 1 is 0.926 bits per heavy atom. The number of H-pyrrole nitrogens is 1. The number of rotatable bonds is 3. The summed E-state index contributed by atoms with van der Waals surface area (Å²) in [5.41, 5.74) is 4.16. The van der Waals surface area contributed by atoms with Crippen molar-refractivity contribution in [3.63, 3.8) is 0 Å². The summed E-state index contributed by atoms with van der Waals surface area (Å²) in [6.07, 6.45) is 1.47. The van der Waals surface area contributed by atoms with Crippen molar-refractivity contribution in [3.05, 3.63) is 94.0 Å². The molecule has 4 rings (SSSR count). The van der Waals surface area contributed by atoms with E-state index in [-0.39, 0.29) is 11.0 Å². The van der Waals surface area contributed by atoms with Gasteiger partial charge in [0.05, 0.1) is 11.4 Å². The molecule has 0 aliphatic heterocycles. The topological polar surface area (TPSA) is 66.9 Å². The quantitative estimate of drug-likeness (QED) is 0.577. The first kappa shape index (κ1) is 16.8. The molecule has 0 atom stereocenters. The molecule has 4 aromatic rings. The number of aromatic amines is 1. The van der Waals surface area contributed by atoms with Crippen LogP contribution in [0.25, 0.3) is 16.6 Å². The molecule has 0 unspecified atom stereocenters. The maximum absolute atomic E-state index is 12.8. The number of anilines is 1. The van der Waals surface area contributed by atoms with Crippen molar-refractivity contribution in [2.75, 3.05) is 5.32 Å². The van der Waals surface area contributed by atoms with Crippen LogP contribution in [0.15, 0.2) is 71.7 Å². The fourth-order valence-electron chi connectivity index (χ4n) is 3.35. The van der Waals surface area contributed by atoms with E-state index in [0.29, 0.717) is 16.6 Å². The number of carbonyl (C=O) groups excluding carboxylic acids is 1. The molecule has 2 heterocycles. The van der Waals surface area contributed by atoms with Crippen LogP contribution in [-0.4, -0.2) is 15.5 Å². The molecule has 0 spiro atoms. The standard InChI is InChI=1S/C22H19N3O2/c1-14-11-12-15(2)25(14)20-10-6-5-9-19(20)24-22(27)17-13-23-18-8-4-3-7-16(18)21(17)26/h3-13H,1-2H3,(H,23,26)(H,24,27). The van der Waals surface area contributed by atoms with E-state index in [9.17, 15) is 9.59 Å². The number of pyridine rings is 1. The summed E-state index contributed by atoms with van der Waals surface area (Å²) in [6, 6.07) is 18.8. The van der Waals surface area contributed by atoms with Crippen LogP contribution >= 0.6 is 0 Å². The predicted molar refractivity (Wildman–Crippen MR) is 108 cm³/mol. The number of benzene rings is 2. The maximum Gasteiger partial charge on any atom is 0.261 e. The lowest BCUT2D eigenvalue weighted by atomic mass is 10.1. The minimum Gasteiger partial charge on any atom is -0.360 e.